The molecule has 0 aromatic heterocycles. The molecule has 0 radical (unpaired) electrons. The van der Waals surface area contributed by atoms with E-state index < -0.39 is 8.07 Å². The lowest BCUT2D eigenvalue weighted by Gasteiger charge is -2.30. The molecule has 0 spiro atoms. The molecule has 2 aromatic carbocycles. The number of hydrogen-bond donors (Lipinski definition) is 0. The van der Waals surface area contributed by atoms with Gasteiger partial charge in [-0.25, -0.2) is 0 Å². The van der Waals surface area contributed by atoms with E-state index in [1.165, 1.54) is 29.3 Å². The molecule has 0 fully saturated rings. The number of allylic oxidation sites excluding steroid dienone is 1. The second-order valence-corrected chi connectivity index (χ2v) is 9.24. The average Bonchev–Trinajstić information content (AvgIpc) is 2.53. The van der Waals surface area contributed by atoms with Gasteiger partial charge in [0.05, 0.1) is 0 Å². The summed E-state index contributed by atoms with van der Waals surface area (Å²) in [7, 11) is -1.75. The fourth-order valence-electron chi connectivity index (χ4n) is 2.94. The van der Waals surface area contributed by atoms with Crippen LogP contribution in [0.3, 0.4) is 0 Å². The number of hydrogen-bond acceptors (Lipinski definition) is 0. The normalized spacial score (nSPS) is 11.9. The summed E-state index contributed by atoms with van der Waals surface area (Å²) in [5.74, 6) is 0. The summed E-state index contributed by atoms with van der Waals surface area (Å²) in [6, 6.07) is 23.5. The minimum Gasteiger partial charge on any atom is -0.0948 e. The smallest absolute Gasteiger partial charge is 0.0948 e. The number of benzene rings is 2. The van der Waals surface area contributed by atoms with E-state index in [0.717, 1.165) is 0 Å². The topological polar surface area (TPSA) is 0 Å². The predicted molar refractivity (Wildman–Crippen MR) is 92.4 cm³/mol. The minimum atomic E-state index is -1.75. The van der Waals surface area contributed by atoms with Gasteiger partial charge in [0.25, 0.3) is 0 Å². The fourth-order valence-corrected chi connectivity index (χ4v) is 7.46. The van der Waals surface area contributed by atoms with E-state index in [1.807, 2.05) is 0 Å². The molecular weight excluding hydrogens is 256 g/mol. The van der Waals surface area contributed by atoms with Crippen LogP contribution in [-0.2, 0) is 0 Å². The number of rotatable bonds is 6. The van der Waals surface area contributed by atoms with Gasteiger partial charge < -0.3 is 0 Å². The molecule has 0 saturated carbocycles. The van der Waals surface area contributed by atoms with Gasteiger partial charge in [-0.05, 0) is 23.3 Å². The Bertz CT molecular complexity index is 489. The summed E-state index contributed by atoms with van der Waals surface area (Å²) in [6.45, 7) is 4.43. The molecule has 0 amide bonds. The maximum absolute atomic E-state index is 2.51. The van der Waals surface area contributed by atoms with Crippen LogP contribution in [0.2, 0.25) is 6.04 Å². The Hall–Kier alpha value is -1.60. The molecule has 0 aliphatic heterocycles. The molecular formula is C19H24Si. The van der Waals surface area contributed by atoms with Gasteiger partial charge >= 0.3 is 0 Å². The second-order valence-electron chi connectivity index (χ2n) is 5.31. The van der Waals surface area contributed by atoms with Gasteiger partial charge in [0.1, 0.15) is 8.07 Å². The maximum atomic E-state index is 2.51. The van der Waals surface area contributed by atoms with Crippen molar-refractivity contribution in [3.63, 3.8) is 0 Å². The van der Waals surface area contributed by atoms with Gasteiger partial charge in [0.15, 0.2) is 0 Å². The van der Waals surface area contributed by atoms with Gasteiger partial charge in [0.2, 0.25) is 0 Å². The molecule has 0 N–H and O–H groups in total. The van der Waals surface area contributed by atoms with Crippen LogP contribution in [0.15, 0.2) is 72.4 Å². The summed E-state index contributed by atoms with van der Waals surface area (Å²) >= 11 is 0. The second kappa shape index (κ2) is 7.25. The Balaban J connectivity index is 2.56. The lowest BCUT2D eigenvalue weighted by Crippen LogP contribution is -2.56. The van der Waals surface area contributed by atoms with Crippen molar-refractivity contribution >= 4 is 18.4 Å². The first kappa shape index (κ1) is 14.8. The van der Waals surface area contributed by atoms with E-state index in [0.29, 0.717) is 0 Å². The Labute approximate surface area is 124 Å². The van der Waals surface area contributed by atoms with E-state index >= 15 is 0 Å². The molecule has 20 heavy (non-hydrogen) atoms. The molecule has 104 valence electrons. The monoisotopic (exact) mass is 280 g/mol. The van der Waals surface area contributed by atoms with Crippen molar-refractivity contribution in [2.45, 2.75) is 32.7 Å². The Morgan fingerprint density at radius 3 is 1.75 bits per heavy atom. The lowest BCUT2D eigenvalue weighted by atomic mass is 10.4. The van der Waals surface area contributed by atoms with E-state index in [9.17, 15) is 0 Å². The van der Waals surface area contributed by atoms with Gasteiger partial charge in [-0.15, -0.1) is 0 Å². The van der Waals surface area contributed by atoms with Gasteiger partial charge in [-0.1, -0.05) is 92.2 Å². The van der Waals surface area contributed by atoms with Crippen molar-refractivity contribution in [3.8, 4) is 0 Å². The van der Waals surface area contributed by atoms with Crippen LogP contribution >= 0.6 is 0 Å². The highest BCUT2D eigenvalue weighted by atomic mass is 28.3. The Kier molecular flexibility index (Phi) is 5.37. The highest BCUT2D eigenvalue weighted by Crippen LogP contribution is 2.17. The van der Waals surface area contributed by atoms with Crippen LogP contribution in [-0.4, -0.2) is 8.07 Å². The summed E-state index contributed by atoms with van der Waals surface area (Å²) in [6.07, 6.45) is 4.80. The van der Waals surface area contributed by atoms with E-state index in [4.69, 9.17) is 0 Å². The van der Waals surface area contributed by atoms with Crippen LogP contribution in [0.1, 0.15) is 26.7 Å². The van der Waals surface area contributed by atoms with Crippen molar-refractivity contribution in [1.29, 1.82) is 0 Å². The molecule has 0 aliphatic rings. The largest absolute Gasteiger partial charge is 0.140 e. The summed E-state index contributed by atoms with van der Waals surface area (Å²) < 4.78 is 0. The van der Waals surface area contributed by atoms with Crippen molar-refractivity contribution < 1.29 is 0 Å². The maximum Gasteiger partial charge on any atom is 0.140 e. The molecule has 0 atom stereocenters. The predicted octanol–water partition coefficient (Wildman–Crippen LogP) is 4.17. The molecule has 1 heteroatoms. The molecule has 0 nitrogen and oxygen atoms in total. The standard InChI is InChI=1S/C19H24Si/c1-3-5-17-20(16-4-2,18-12-8-6-9-13-18)19-14-10-7-11-15-19/h4,6-16H,3,5,17H2,1-2H3. The highest BCUT2D eigenvalue weighted by Gasteiger charge is 2.33. The quantitative estimate of drug-likeness (QED) is 0.697. The van der Waals surface area contributed by atoms with Crippen LogP contribution in [0.4, 0.5) is 0 Å². The van der Waals surface area contributed by atoms with E-state index in [2.05, 4.69) is 86.3 Å². The molecule has 0 bridgehead atoms. The summed E-state index contributed by atoms with van der Waals surface area (Å²) in [5, 5.41) is 3.05. The van der Waals surface area contributed by atoms with Crippen molar-refractivity contribution in [2.75, 3.05) is 0 Å². The molecule has 0 aliphatic carbocycles. The van der Waals surface area contributed by atoms with Crippen molar-refractivity contribution in [3.05, 3.63) is 72.4 Å². The zero-order chi connectivity index (χ0) is 14.3. The Morgan fingerprint density at radius 1 is 0.850 bits per heavy atom. The molecule has 0 heterocycles. The molecule has 2 aromatic rings. The van der Waals surface area contributed by atoms with Crippen molar-refractivity contribution in [2.24, 2.45) is 0 Å². The average molecular weight is 280 g/mol. The molecule has 0 saturated heterocycles. The minimum absolute atomic E-state index is 1.26. The van der Waals surface area contributed by atoms with Crippen LogP contribution in [0.5, 0.6) is 0 Å². The zero-order valence-corrected chi connectivity index (χ0v) is 13.5. The third kappa shape index (κ3) is 3.10. The summed E-state index contributed by atoms with van der Waals surface area (Å²) in [4.78, 5) is 0. The third-order valence-corrected chi connectivity index (χ3v) is 8.73. The number of unbranched alkanes of at least 4 members (excludes halogenated alkanes) is 1. The first-order valence-corrected chi connectivity index (χ1v) is 9.87. The first-order valence-electron chi connectivity index (χ1n) is 7.58. The van der Waals surface area contributed by atoms with Crippen molar-refractivity contribution in [1.82, 2.24) is 0 Å². The SMILES string of the molecule is CC=C[Si](CCCC)(c1ccccc1)c1ccccc1. The summed E-state index contributed by atoms with van der Waals surface area (Å²) in [5.41, 5.74) is 2.51. The van der Waals surface area contributed by atoms with Gasteiger partial charge in [-0.3, -0.25) is 0 Å². The van der Waals surface area contributed by atoms with Crippen LogP contribution in [0.25, 0.3) is 0 Å². The fraction of sp³-hybridized carbons (Fsp3) is 0.263. The van der Waals surface area contributed by atoms with E-state index in [1.54, 1.807) is 0 Å². The molecule has 2 rings (SSSR count). The Morgan fingerprint density at radius 2 is 1.35 bits per heavy atom. The third-order valence-electron chi connectivity index (χ3n) is 3.95. The van der Waals surface area contributed by atoms with Gasteiger partial charge in [-0.2, -0.15) is 0 Å². The highest BCUT2D eigenvalue weighted by molar-refractivity contribution is 7.05. The van der Waals surface area contributed by atoms with Crippen LogP contribution < -0.4 is 10.4 Å². The first-order chi connectivity index (χ1) is 9.83. The van der Waals surface area contributed by atoms with Crippen LogP contribution in [0, 0.1) is 0 Å². The van der Waals surface area contributed by atoms with E-state index in [-0.39, 0.29) is 0 Å². The zero-order valence-electron chi connectivity index (χ0n) is 12.5. The molecule has 0 unspecified atom stereocenters. The lowest BCUT2D eigenvalue weighted by molar-refractivity contribution is 0.874. The van der Waals surface area contributed by atoms with Gasteiger partial charge in [0, 0.05) is 0 Å².